The fourth-order valence-electron chi connectivity index (χ4n) is 2.75. The highest BCUT2D eigenvalue weighted by Gasteiger charge is 2.23. The maximum atomic E-state index is 12.1. The van der Waals surface area contributed by atoms with Crippen LogP contribution in [0.15, 0.2) is 24.3 Å². The van der Waals surface area contributed by atoms with E-state index in [1.165, 1.54) is 5.56 Å². The van der Waals surface area contributed by atoms with Gasteiger partial charge in [-0.05, 0) is 37.4 Å². The number of ketones is 1. The summed E-state index contributed by atoms with van der Waals surface area (Å²) in [7, 11) is 0. The minimum Gasteiger partial charge on any atom is -0.493 e. The molecule has 104 valence electrons. The molecule has 0 spiro atoms. The van der Waals surface area contributed by atoms with Crippen LogP contribution >= 0.6 is 0 Å². The number of ether oxygens (including phenoxy) is 1. The van der Waals surface area contributed by atoms with Gasteiger partial charge in [-0.15, -0.1) is 0 Å². The van der Waals surface area contributed by atoms with Crippen LogP contribution in [0.5, 0.6) is 5.75 Å². The van der Waals surface area contributed by atoms with Crippen molar-refractivity contribution in [3.05, 3.63) is 29.8 Å². The van der Waals surface area contributed by atoms with Gasteiger partial charge >= 0.3 is 0 Å². The molecule has 0 aromatic heterocycles. The third kappa shape index (κ3) is 3.80. The zero-order valence-electron chi connectivity index (χ0n) is 11.8. The van der Waals surface area contributed by atoms with E-state index >= 15 is 0 Å². The van der Waals surface area contributed by atoms with Crippen molar-refractivity contribution >= 4 is 5.78 Å². The fourth-order valence-corrected chi connectivity index (χ4v) is 2.75. The van der Waals surface area contributed by atoms with E-state index in [1.54, 1.807) is 0 Å². The van der Waals surface area contributed by atoms with E-state index < -0.39 is 0 Å². The van der Waals surface area contributed by atoms with Gasteiger partial charge in [-0.3, -0.25) is 4.79 Å². The summed E-state index contributed by atoms with van der Waals surface area (Å²) in [4.78, 5) is 12.1. The quantitative estimate of drug-likeness (QED) is 0.855. The Kier molecular flexibility index (Phi) is 4.97. The largest absolute Gasteiger partial charge is 0.493 e. The smallest absolute Gasteiger partial charge is 0.135 e. The van der Waals surface area contributed by atoms with Crippen molar-refractivity contribution in [1.82, 2.24) is 5.32 Å². The van der Waals surface area contributed by atoms with Crippen molar-refractivity contribution in [2.45, 2.75) is 45.1 Å². The van der Waals surface area contributed by atoms with Gasteiger partial charge < -0.3 is 10.1 Å². The van der Waals surface area contributed by atoms with Crippen molar-refractivity contribution in [2.75, 3.05) is 13.2 Å². The maximum absolute atomic E-state index is 12.1. The number of benzene rings is 1. The second-order valence-corrected chi connectivity index (χ2v) is 5.28. The van der Waals surface area contributed by atoms with Gasteiger partial charge in [-0.1, -0.05) is 25.1 Å². The maximum Gasteiger partial charge on any atom is 0.135 e. The van der Waals surface area contributed by atoms with Gasteiger partial charge in [0.25, 0.3) is 0 Å². The molecule has 1 N–H and O–H groups in total. The number of para-hydroxylation sites is 1. The van der Waals surface area contributed by atoms with E-state index in [1.807, 2.05) is 18.2 Å². The molecule has 2 rings (SSSR count). The van der Waals surface area contributed by atoms with Gasteiger partial charge in [0.1, 0.15) is 11.5 Å². The molecule has 1 aromatic rings. The summed E-state index contributed by atoms with van der Waals surface area (Å²) in [5, 5.41) is 3.29. The number of fused-ring (bicyclic) bond motifs is 1. The van der Waals surface area contributed by atoms with Crippen molar-refractivity contribution in [3.63, 3.8) is 0 Å². The topological polar surface area (TPSA) is 38.3 Å². The molecule has 2 atom stereocenters. The Morgan fingerprint density at radius 1 is 1.47 bits per heavy atom. The van der Waals surface area contributed by atoms with E-state index in [0.29, 0.717) is 24.5 Å². The SMILES string of the molecule is CCNC(C)CC(=O)CC1CCOc2ccccc21. The molecular formula is C16H23NO2. The van der Waals surface area contributed by atoms with Crippen molar-refractivity contribution < 1.29 is 9.53 Å². The van der Waals surface area contributed by atoms with Crippen molar-refractivity contribution in [2.24, 2.45) is 0 Å². The summed E-state index contributed by atoms with van der Waals surface area (Å²) >= 11 is 0. The van der Waals surface area contributed by atoms with Crippen LogP contribution in [0.2, 0.25) is 0 Å². The van der Waals surface area contributed by atoms with E-state index in [4.69, 9.17) is 4.74 Å². The predicted octanol–water partition coefficient (Wildman–Crippen LogP) is 2.90. The van der Waals surface area contributed by atoms with E-state index in [2.05, 4.69) is 25.2 Å². The third-order valence-electron chi connectivity index (χ3n) is 3.64. The molecular weight excluding hydrogens is 238 g/mol. The second-order valence-electron chi connectivity index (χ2n) is 5.28. The summed E-state index contributed by atoms with van der Waals surface area (Å²) in [6.45, 7) is 5.77. The fraction of sp³-hybridized carbons (Fsp3) is 0.562. The lowest BCUT2D eigenvalue weighted by molar-refractivity contribution is -0.120. The average Bonchev–Trinajstić information content (AvgIpc) is 2.39. The van der Waals surface area contributed by atoms with Crippen LogP contribution in [0.1, 0.15) is 44.6 Å². The zero-order valence-corrected chi connectivity index (χ0v) is 11.8. The summed E-state index contributed by atoms with van der Waals surface area (Å²) in [6.07, 6.45) is 2.20. The van der Waals surface area contributed by atoms with E-state index in [0.717, 1.165) is 25.3 Å². The third-order valence-corrected chi connectivity index (χ3v) is 3.64. The van der Waals surface area contributed by atoms with Crippen LogP contribution in [0, 0.1) is 0 Å². The summed E-state index contributed by atoms with van der Waals surface area (Å²) in [5.41, 5.74) is 1.19. The lowest BCUT2D eigenvalue weighted by Gasteiger charge is -2.25. The van der Waals surface area contributed by atoms with Gasteiger partial charge in [-0.25, -0.2) is 0 Å². The van der Waals surface area contributed by atoms with Gasteiger partial charge in [-0.2, -0.15) is 0 Å². The molecule has 1 heterocycles. The molecule has 0 aliphatic carbocycles. The molecule has 0 amide bonds. The van der Waals surface area contributed by atoms with Gasteiger partial charge in [0.15, 0.2) is 0 Å². The van der Waals surface area contributed by atoms with Crippen LogP contribution in [-0.2, 0) is 4.79 Å². The first-order valence-corrected chi connectivity index (χ1v) is 7.17. The molecule has 2 unspecified atom stereocenters. The Labute approximate surface area is 115 Å². The molecule has 0 radical (unpaired) electrons. The van der Waals surface area contributed by atoms with Crippen LogP contribution < -0.4 is 10.1 Å². The monoisotopic (exact) mass is 261 g/mol. The molecule has 0 fully saturated rings. The normalized spacial score (nSPS) is 19.4. The van der Waals surface area contributed by atoms with Crippen LogP contribution in [0.3, 0.4) is 0 Å². The first-order valence-electron chi connectivity index (χ1n) is 7.17. The molecule has 3 heteroatoms. The minimum atomic E-state index is 0.271. The van der Waals surface area contributed by atoms with Crippen LogP contribution in [-0.4, -0.2) is 25.0 Å². The number of carbonyl (C=O) groups is 1. The highest BCUT2D eigenvalue weighted by Crippen LogP contribution is 2.35. The van der Waals surface area contributed by atoms with Crippen molar-refractivity contribution in [3.8, 4) is 5.75 Å². The molecule has 0 saturated carbocycles. The number of rotatable bonds is 6. The van der Waals surface area contributed by atoms with Gasteiger partial charge in [0, 0.05) is 18.9 Å². The highest BCUT2D eigenvalue weighted by atomic mass is 16.5. The number of hydrogen-bond acceptors (Lipinski definition) is 3. The first-order chi connectivity index (χ1) is 9.20. The highest BCUT2D eigenvalue weighted by molar-refractivity contribution is 5.80. The second kappa shape index (κ2) is 6.71. The molecule has 1 aliphatic rings. The number of Topliss-reactive ketones (excluding diaryl/α,β-unsaturated/α-hetero) is 1. The number of carbonyl (C=O) groups excluding carboxylic acids is 1. The minimum absolute atomic E-state index is 0.271. The van der Waals surface area contributed by atoms with Crippen molar-refractivity contribution in [1.29, 1.82) is 0 Å². The first kappa shape index (κ1) is 14.1. The van der Waals surface area contributed by atoms with Crippen LogP contribution in [0.25, 0.3) is 0 Å². The van der Waals surface area contributed by atoms with Crippen LogP contribution in [0.4, 0.5) is 0 Å². The number of hydrogen-bond donors (Lipinski definition) is 1. The molecule has 0 saturated heterocycles. The Hall–Kier alpha value is -1.35. The summed E-state index contributed by atoms with van der Waals surface area (Å²) in [5.74, 6) is 1.62. The van der Waals surface area contributed by atoms with E-state index in [9.17, 15) is 4.79 Å². The zero-order chi connectivity index (χ0) is 13.7. The molecule has 1 aromatic carbocycles. The lowest BCUT2D eigenvalue weighted by Crippen LogP contribution is -2.29. The Morgan fingerprint density at radius 2 is 2.26 bits per heavy atom. The summed E-state index contributed by atoms with van der Waals surface area (Å²) < 4.78 is 5.63. The summed E-state index contributed by atoms with van der Waals surface area (Å²) in [6, 6.07) is 8.35. The van der Waals surface area contributed by atoms with Gasteiger partial charge in [0.2, 0.25) is 0 Å². The Balaban J connectivity index is 1.95. The average molecular weight is 261 g/mol. The van der Waals surface area contributed by atoms with E-state index in [-0.39, 0.29) is 6.04 Å². The lowest BCUT2D eigenvalue weighted by atomic mass is 9.87. The van der Waals surface area contributed by atoms with Gasteiger partial charge in [0.05, 0.1) is 6.61 Å². The predicted molar refractivity (Wildman–Crippen MR) is 76.7 cm³/mol. The standard InChI is InChI=1S/C16H23NO2/c1-3-17-12(2)10-14(18)11-13-8-9-19-16-7-5-4-6-15(13)16/h4-7,12-13,17H,3,8-11H2,1-2H3. The molecule has 3 nitrogen and oxygen atoms in total. The number of nitrogens with one attached hydrogen (secondary N) is 1. The molecule has 19 heavy (non-hydrogen) atoms. The Morgan fingerprint density at radius 3 is 3.05 bits per heavy atom. The molecule has 1 aliphatic heterocycles. The molecule has 0 bridgehead atoms. The Bertz CT molecular complexity index is 431.